The van der Waals surface area contributed by atoms with E-state index in [0.29, 0.717) is 24.7 Å². The van der Waals surface area contributed by atoms with Crippen LogP contribution in [0.3, 0.4) is 0 Å². The predicted octanol–water partition coefficient (Wildman–Crippen LogP) is 1.27. The molecule has 0 bridgehead atoms. The minimum atomic E-state index is -0.0861. The normalized spacial score (nSPS) is 10.3. The number of carbonyl (C=O) groups excluding carboxylic acids is 1. The standard InChI is InChI=1S/C12H17ClN2O2/c1-17-7-6-15(12(16)8-14)9-10-2-4-11(13)5-3-10/h2-5H,6-9,14H2,1H3. The van der Waals surface area contributed by atoms with Crippen molar-refractivity contribution in [1.29, 1.82) is 0 Å². The molecule has 1 aromatic carbocycles. The van der Waals surface area contributed by atoms with Crippen LogP contribution in [0, 0.1) is 0 Å². The third-order valence-electron chi connectivity index (χ3n) is 2.38. The summed E-state index contributed by atoms with van der Waals surface area (Å²) >= 11 is 5.80. The third-order valence-corrected chi connectivity index (χ3v) is 2.63. The first-order valence-electron chi connectivity index (χ1n) is 5.38. The molecule has 4 nitrogen and oxygen atoms in total. The zero-order valence-electron chi connectivity index (χ0n) is 9.86. The lowest BCUT2D eigenvalue weighted by Gasteiger charge is -2.21. The Kier molecular flexibility index (Phi) is 5.97. The molecule has 0 aliphatic carbocycles. The van der Waals surface area contributed by atoms with Crippen LogP contribution in [0.15, 0.2) is 24.3 Å². The molecular formula is C12H17ClN2O2. The van der Waals surface area contributed by atoms with Crippen LogP contribution in [0.2, 0.25) is 5.02 Å². The highest BCUT2D eigenvalue weighted by atomic mass is 35.5. The molecule has 0 radical (unpaired) electrons. The van der Waals surface area contributed by atoms with Gasteiger partial charge in [-0.3, -0.25) is 4.79 Å². The van der Waals surface area contributed by atoms with Crippen molar-refractivity contribution in [3.63, 3.8) is 0 Å². The van der Waals surface area contributed by atoms with Crippen LogP contribution in [0.4, 0.5) is 0 Å². The van der Waals surface area contributed by atoms with E-state index in [2.05, 4.69) is 0 Å². The summed E-state index contributed by atoms with van der Waals surface area (Å²) in [7, 11) is 1.60. The van der Waals surface area contributed by atoms with Gasteiger partial charge < -0.3 is 15.4 Å². The summed E-state index contributed by atoms with van der Waals surface area (Å²) in [6.45, 7) is 1.57. The van der Waals surface area contributed by atoms with E-state index in [0.717, 1.165) is 5.56 Å². The number of hydrogen-bond donors (Lipinski definition) is 1. The zero-order valence-corrected chi connectivity index (χ0v) is 10.6. The molecule has 2 N–H and O–H groups in total. The van der Waals surface area contributed by atoms with E-state index < -0.39 is 0 Å². The largest absolute Gasteiger partial charge is 0.383 e. The molecule has 0 aliphatic heterocycles. The summed E-state index contributed by atoms with van der Waals surface area (Å²) in [4.78, 5) is 13.3. The van der Waals surface area contributed by atoms with Crippen LogP contribution < -0.4 is 5.73 Å². The van der Waals surface area contributed by atoms with Gasteiger partial charge in [-0.1, -0.05) is 23.7 Å². The number of methoxy groups -OCH3 is 1. The van der Waals surface area contributed by atoms with Crippen LogP contribution in [0.1, 0.15) is 5.56 Å². The van der Waals surface area contributed by atoms with Gasteiger partial charge in [0.15, 0.2) is 0 Å². The Labute approximate surface area is 106 Å². The van der Waals surface area contributed by atoms with Crippen molar-refractivity contribution >= 4 is 17.5 Å². The van der Waals surface area contributed by atoms with Crippen molar-refractivity contribution in [3.8, 4) is 0 Å². The van der Waals surface area contributed by atoms with E-state index in [1.54, 1.807) is 24.1 Å². The summed E-state index contributed by atoms with van der Waals surface area (Å²) in [5.41, 5.74) is 6.39. The number of rotatable bonds is 6. The van der Waals surface area contributed by atoms with Crippen LogP contribution in [-0.4, -0.2) is 37.6 Å². The maximum Gasteiger partial charge on any atom is 0.236 e. The van der Waals surface area contributed by atoms with Gasteiger partial charge in [0.25, 0.3) is 0 Å². The molecule has 0 spiro atoms. The molecule has 5 heteroatoms. The second kappa shape index (κ2) is 7.27. The molecule has 0 heterocycles. The van der Waals surface area contributed by atoms with Crippen molar-refractivity contribution in [2.75, 3.05) is 26.8 Å². The van der Waals surface area contributed by atoms with Crippen LogP contribution in [-0.2, 0) is 16.1 Å². The van der Waals surface area contributed by atoms with E-state index in [1.165, 1.54) is 0 Å². The second-order valence-corrected chi connectivity index (χ2v) is 4.08. The molecule has 0 saturated heterocycles. The molecule has 94 valence electrons. The summed E-state index contributed by atoms with van der Waals surface area (Å²) < 4.78 is 4.97. The fourth-order valence-corrected chi connectivity index (χ4v) is 1.56. The maximum absolute atomic E-state index is 11.6. The molecule has 1 aromatic rings. The average Bonchev–Trinajstić information content (AvgIpc) is 2.36. The van der Waals surface area contributed by atoms with Gasteiger partial charge in [-0.15, -0.1) is 0 Å². The Bertz CT molecular complexity index is 354. The van der Waals surface area contributed by atoms with Gasteiger partial charge in [-0.25, -0.2) is 0 Å². The van der Waals surface area contributed by atoms with Gasteiger partial charge in [-0.2, -0.15) is 0 Å². The zero-order chi connectivity index (χ0) is 12.7. The smallest absolute Gasteiger partial charge is 0.236 e. The number of nitrogens with two attached hydrogens (primary N) is 1. The summed E-state index contributed by atoms with van der Waals surface area (Å²) in [6.07, 6.45) is 0. The lowest BCUT2D eigenvalue weighted by molar-refractivity contribution is -0.130. The van der Waals surface area contributed by atoms with Crippen molar-refractivity contribution in [2.24, 2.45) is 5.73 Å². The maximum atomic E-state index is 11.6. The van der Waals surface area contributed by atoms with Gasteiger partial charge >= 0.3 is 0 Å². The van der Waals surface area contributed by atoms with Gasteiger partial charge in [0, 0.05) is 25.2 Å². The van der Waals surface area contributed by atoms with Crippen LogP contribution >= 0.6 is 11.6 Å². The fourth-order valence-electron chi connectivity index (χ4n) is 1.43. The second-order valence-electron chi connectivity index (χ2n) is 3.64. The van der Waals surface area contributed by atoms with Crippen molar-refractivity contribution in [2.45, 2.75) is 6.54 Å². The molecule has 0 aliphatic rings. The molecule has 0 fully saturated rings. The molecule has 1 rings (SSSR count). The van der Waals surface area contributed by atoms with E-state index >= 15 is 0 Å². The minimum Gasteiger partial charge on any atom is -0.383 e. The monoisotopic (exact) mass is 256 g/mol. The Balaban J connectivity index is 2.64. The predicted molar refractivity (Wildman–Crippen MR) is 67.8 cm³/mol. The van der Waals surface area contributed by atoms with Gasteiger partial charge in [0.1, 0.15) is 0 Å². The van der Waals surface area contributed by atoms with E-state index in [-0.39, 0.29) is 12.5 Å². The molecular weight excluding hydrogens is 240 g/mol. The number of benzene rings is 1. The Morgan fingerprint density at radius 3 is 2.59 bits per heavy atom. The average molecular weight is 257 g/mol. The Morgan fingerprint density at radius 2 is 2.06 bits per heavy atom. The highest BCUT2D eigenvalue weighted by molar-refractivity contribution is 6.30. The first-order valence-corrected chi connectivity index (χ1v) is 5.76. The molecule has 0 saturated carbocycles. The first-order chi connectivity index (χ1) is 8.17. The molecule has 17 heavy (non-hydrogen) atoms. The fraction of sp³-hybridized carbons (Fsp3) is 0.417. The number of hydrogen-bond acceptors (Lipinski definition) is 3. The first kappa shape index (κ1) is 14.0. The van der Waals surface area contributed by atoms with E-state index in [4.69, 9.17) is 22.1 Å². The number of ether oxygens (including phenoxy) is 1. The van der Waals surface area contributed by atoms with Crippen molar-refractivity contribution < 1.29 is 9.53 Å². The van der Waals surface area contributed by atoms with Gasteiger partial charge in [0.2, 0.25) is 5.91 Å². The SMILES string of the molecule is COCCN(Cc1ccc(Cl)cc1)C(=O)CN. The minimum absolute atomic E-state index is 0.0112. The van der Waals surface area contributed by atoms with Crippen LogP contribution in [0.5, 0.6) is 0 Å². The Morgan fingerprint density at radius 1 is 1.41 bits per heavy atom. The highest BCUT2D eigenvalue weighted by Gasteiger charge is 2.11. The molecule has 0 unspecified atom stereocenters. The quantitative estimate of drug-likeness (QED) is 0.834. The summed E-state index contributed by atoms with van der Waals surface area (Å²) in [5.74, 6) is -0.0861. The number of nitrogens with zero attached hydrogens (tertiary/aromatic N) is 1. The van der Waals surface area contributed by atoms with Crippen molar-refractivity contribution in [3.05, 3.63) is 34.9 Å². The molecule has 1 amide bonds. The summed E-state index contributed by atoms with van der Waals surface area (Å²) in [5, 5.41) is 0.683. The lowest BCUT2D eigenvalue weighted by atomic mass is 10.2. The van der Waals surface area contributed by atoms with Crippen LogP contribution in [0.25, 0.3) is 0 Å². The Hall–Kier alpha value is -1.10. The van der Waals surface area contributed by atoms with E-state index in [9.17, 15) is 4.79 Å². The lowest BCUT2D eigenvalue weighted by Crippen LogP contribution is -2.37. The summed E-state index contributed by atoms with van der Waals surface area (Å²) in [6, 6.07) is 7.40. The van der Waals surface area contributed by atoms with Gasteiger partial charge in [0.05, 0.1) is 13.2 Å². The van der Waals surface area contributed by atoms with Gasteiger partial charge in [-0.05, 0) is 17.7 Å². The molecule has 0 aromatic heterocycles. The number of carbonyl (C=O) groups is 1. The third kappa shape index (κ3) is 4.73. The molecule has 0 atom stereocenters. The topological polar surface area (TPSA) is 55.6 Å². The highest BCUT2D eigenvalue weighted by Crippen LogP contribution is 2.11. The number of amides is 1. The van der Waals surface area contributed by atoms with E-state index in [1.807, 2.05) is 12.1 Å². The number of halogens is 1. The van der Waals surface area contributed by atoms with Crippen molar-refractivity contribution in [1.82, 2.24) is 4.90 Å².